The van der Waals surface area contributed by atoms with E-state index in [9.17, 15) is 25.9 Å². The second kappa shape index (κ2) is 44.5. The van der Waals surface area contributed by atoms with E-state index in [4.69, 9.17) is 28.4 Å². The molecule has 0 aromatic heterocycles. The third-order valence-electron chi connectivity index (χ3n) is 7.18. The first kappa shape index (κ1) is 55.5. The predicted octanol–water partition coefficient (Wildman–Crippen LogP) is 6.09. The average Bonchev–Trinajstić information content (AvgIpc) is 3.06. The van der Waals surface area contributed by atoms with Crippen molar-refractivity contribution in [1.82, 2.24) is 0 Å². The zero-order valence-electron chi connectivity index (χ0n) is 31.9. The maximum Gasteiger partial charge on any atom is 2.00 e. The van der Waals surface area contributed by atoms with Gasteiger partial charge in [0.2, 0.25) is 20.8 Å². The summed E-state index contributed by atoms with van der Waals surface area (Å²) in [5.74, 6) is 0. The van der Waals surface area contributed by atoms with E-state index < -0.39 is 20.8 Å². The smallest absolute Gasteiger partial charge is 0.726 e. The summed E-state index contributed by atoms with van der Waals surface area (Å²) in [6, 6.07) is 0. The first-order valence-electron chi connectivity index (χ1n) is 18.8. The van der Waals surface area contributed by atoms with Crippen molar-refractivity contribution in [2.45, 2.75) is 129 Å². The zero-order chi connectivity index (χ0) is 37.3. The van der Waals surface area contributed by atoms with Crippen molar-refractivity contribution in [2.24, 2.45) is 0 Å². The largest absolute Gasteiger partial charge is 2.00 e. The molecule has 0 radical (unpaired) electrons. The number of rotatable bonds is 40. The van der Waals surface area contributed by atoms with Gasteiger partial charge in [-0.3, -0.25) is 8.37 Å². The van der Waals surface area contributed by atoms with Gasteiger partial charge in [0.25, 0.3) is 0 Å². The molecule has 0 aromatic rings. The monoisotopic (exact) mass is 830 g/mol. The van der Waals surface area contributed by atoms with E-state index in [2.05, 4.69) is 22.2 Å². The second-order valence-electron chi connectivity index (χ2n) is 11.8. The Bertz CT molecular complexity index is 797. The molecule has 51 heavy (non-hydrogen) atoms. The van der Waals surface area contributed by atoms with Gasteiger partial charge in [0, 0.05) is 13.2 Å². The van der Waals surface area contributed by atoms with Crippen LogP contribution in [0, 0.1) is 0 Å². The predicted molar refractivity (Wildman–Crippen MR) is 191 cm³/mol. The van der Waals surface area contributed by atoms with Gasteiger partial charge in [-0.1, -0.05) is 117 Å². The molecule has 0 unspecified atom stereocenters. The number of hydrogen-bond acceptors (Lipinski definition) is 14. The normalized spacial score (nSPS) is 11.7. The van der Waals surface area contributed by atoms with Crippen molar-refractivity contribution in [2.75, 3.05) is 92.5 Å². The van der Waals surface area contributed by atoms with Crippen LogP contribution in [0.2, 0.25) is 0 Å². The molecular weight excluding hydrogens is 762 g/mol. The van der Waals surface area contributed by atoms with Gasteiger partial charge in [-0.25, -0.2) is 16.8 Å². The van der Waals surface area contributed by atoms with E-state index in [1.54, 1.807) is 0 Å². The Kier molecular flexibility index (Phi) is 48.4. The number of unbranched alkanes of at least 4 members (excludes halogenated alkanes) is 16. The third-order valence-corrected chi connectivity index (χ3v) is 8.09. The molecule has 14 nitrogen and oxygen atoms in total. The fourth-order valence-corrected chi connectivity index (χ4v) is 5.05. The minimum atomic E-state index is -4.62. The van der Waals surface area contributed by atoms with Gasteiger partial charge in [0.15, 0.2) is 0 Å². The molecule has 0 saturated heterocycles. The fourth-order valence-electron chi connectivity index (χ4n) is 4.50. The summed E-state index contributed by atoms with van der Waals surface area (Å²) in [5, 5.41) is 0. The van der Waals surface area contributed by atoms with Crippen molar-refractivity contribution in [3.63, 3.8) is 0 Å². The Labute approximate surface area is 323 Å². The van der Waals surface area contributed by atoms with Crippen LogP contribution in [0.1, 0.15) is 129 Å². The molecule has 0 N–H and O–H groups in total. The molecule has 0 amide bonds. The minimum Gasteiger partial charge on any atom is -0.726 e. The Morgan fingerprint density at radius 2 is 0.510 bits per heavy atom. The summed E-state index contributed by atoms with van der Waals surface area (Å²) >= 11 is 0. The van der Waals surface area contributed by atoms with Gasteiger partial charge in [-0.2, -0.15) is 0 Å². The average molecular weight is 832 g/mol. The summed E-state index contributed by atoms with van der Waals surface area (Å²) < 4.78 is 101. The summed E-state index contributed by atoms with van der Waals surface area (Å²) in [6.07, 6.45) is 23.4. The maximum atomic E-state index is 10.1. The molecule has 0 heterocycles. The van der Waals surface area contributed by atoms with Crippen LogP contribution >= 0.6 is 0 Å². The first-order valence-corrected chi connectivity index (χ1v) is 21.5. The molecule has 0 aromatic carbocycles. The molecule has 0 aliphatic carbocycles. The van der Waals surface area contributed by atoms with Crippen LogP contribution in [-0.2, 0) is 77.1 Å². The van der Waals surface area contributed by atoms with Gasteiger partial charge in [0.05, 0.1) is 79.3 Å². The molecule has 304 valence electrons. The Morgan fingerprint density at radius 1 is 0.314 bits per heavy atom. The van der Waals surface area contributed by atoms with E-state index in [0.717, 1.165) is 26.1 Å². The van der Waals surface area contributed by atoms with E-state index in [1.165, 1.54) is 103 Å². The second-order valence-corrected chi connectivity index (χ2v) is 13.9. The molecular formula is C34H70O14S2Zn. The van der Waals surface area contributed by atoms with Gasteiger partial charge in [0.1, 0.15) is 0 Å². The van der Waals surface area contributed by atoms with Gasteiger partial charge >= 0.3 is 19.5 Å². The number of hydrogen-bond donors (Lipinski definition) is 0. The van der Waals surface area contributed by atoms with Gasteiger partial charge in [-0.05, 0) is 12.8 Å². The summed E-state index contributed by atoms with van der Waals surface area (Å²) in [6.45, 7) is 9.14. The van der Waals surface area contributed by atoms with E-state index in [1.807, 2.05) is 0 Å². The van der Waals surface area contributed by atoms with Crippen molar-refractivity contribution in [3.05, 3.63) is 0 Å². The van der Waals surface area contributed by atoms with Crippen molar-refractivity contribution >= 4 is 20.8 Å². The molecule has 0 bridgehead atoms. The SMILES string of the molecule is CCCCCCCCCCCOCCOCCOCCOS(=O)(=O)[O-].CCCCCCCCCCCOCCOCCOCCOS(=O)(=O)[O-].[Zn+2]. The Hall–Kier alpha value is 0.123. The summed E-state index contributed by atoms with van der Waals surface area (Å²) in [7, 11) is -9.25. The fraction of sp³-hybridized carbons (Fsp3) is 1.00. The van der Waals surface area contributed by atoms with E-state index in [0.29, 0.717) is 52.9 Å². The van der Waals surface area contributed by atoms with Crippen molar-refractivity contribution in [1.29, 1.82) is 0 Å². The number of ether oxygens (including phenoxy) is 6. The van der Waals surface area contributed by atoms with Crippen LogP contribution in [0.5, 0.6) is 0 Å². The molecule has 0 aliphatic rings. The maximum absolute atomic E-state index is 10.1. The zero-order valence-corrected chi connectivity index (χ0v) is 36.5. The van der Waals surface area contributed by atoms with Crippen molar-refractivity contribution in [3.8, 4) is 0 Å². The first-order chi connectivity index (χ1) is 24.1. The van der Waals surface area contributed by atoms with E-state index >= 15 is 0 Å². The molecule has 0 saturated carbocycles. The standard InChI is InChI=1S/2C17H36O7S.Zn/c2*1-2-3-4-5-6-7-8-9-10-11-21-12-13-22-14-15-23-16-17-24-25(18,19)20;/h2*2-17H2,1H3,(H,18,19,20);/q;;+2/p-2. The van der Waals surface area contributed by atoms with Crippen LogP contribution in [-0.4, -0.2) is 118 Å². The van der Waals surface area contributed by atoms with Crippen LogP contribution in [0.3, 0.4) is 0 Å². The Balaban J connectivity index is -0.000000886. The van der Waals surface area contributed by atoms with Crippen LogP contribution in [0.4, 0.5) is 0 Å². The topological polar surface area (TPSA) is 188 Å². The van der Waals surface area contributed by atoms with E-state index in [-0.39, 0.29) is 45.9 Å². The molecule has 0 atom stereocenters. The van der Waals surface area contributed by atoms with Gasteiger partial charge in [-0.15, -0.1) is 0 Å². The summed E-state index contributed by atoms with van der Waals surface area (Å²) in [4.78, 5) is 0. The molecule has 0 aliphatic heterocycles. The Morgan fingerprint density at radius 3 is 0.745 bits per heavy atom. The van der Waals surface area contributed by atoms with Crippen LogP contribution < -0.4 is 0 Å². The summed E-state index contributed by atoms with van der Waals surface area (Å²) in [5.41, 5.74) is 0. The third kappa shape index (κ3) is 59.6. The molecule has 17 heteroatoms. The van der Waals surface area contributed by atoms with Crippen LogP contribution in [0.25, 0.3) is 0 Å². The van der Waals surface area contributed by atoms with Gasteiger partial charge < -0.3 is 37.5 Å². The van der Waals surface area contributed by atoms with Crippen LogP contribution in [0.15, 0.2) is 0 Å². The minimum absolute atomic E-state index is 0. The van der Waals surface area contributed by atoms with Crippen molar-refractivity contribution < 1.29 is 82.2 Å². The molecule has 0 spiro atoms. The molecule has 0 rings (SSSR count). The quantitative estimate of drug-likeness (QED) is 0.0299. The molecule has 0 fully saturated rings.